The molecule has 1 aliphatic rings. The average Bonchev–Trinajstić information content (AvgIpc) is 2.70. The lowest BCUT2D eigenvalue weighted by atomic mass is 10.2. The predicted octanol–water partition coefficient (Wildman–Crippen LogP) is 0.385. The molecule has 0 unspecified atom stereocenters. The SMILES string of the molecule is CNCc1cc(CN2CCN(S(C)(=O)=O)CC2)c(C)o1. The van der Waals surface area contributed by atoms with E-state index in [1.807, 2.05) is 14.0 Å². The van der Waals surface area contributed by atoms with Crippen molar-refractivity contribution in [3.63, 3.8) is 0 Å². The number of nitrogens with one attached hydrogen (secondary N) is 1. The Kier molecular flexibility index (Phi) is 4.85. The van der Waals surface area contributed by atoms with Crippen molar-refractivity contribution in [3.8, 4) is 0 Å². The topological polar surface area (TPSA) is 65.8 Å². The standard InChI is InChI=1S/C13H23N3O3S/c1-11-12(8-13(19-11)9-14-2)10-15-4-6-16(7-5-15)20(3,17)18/h8,14H,4-7,9-10H2,1-3H3. The van der Waals surface area contributed by atoms with E-state index in [2.05, 4.69) is 16.3 Å². The van der Waals surface area contributed by atoms with Gasteiger partial charge in [0.1, 0.15) is 11.5 Å². The highest BCUT2D eigenvalue weighted by Crippen LogP contribution is 2.18. The lowest BCUT2D eigenvalue weighted by Gasteiger charge is -2.33. The van der Waals surface area contributed by atoms with Crippen LogP contribution in [-0.2, 0) is 23.1 Å². The van der Waals surface area contributed by atoms with Gasteiger partial charge in [-0.05, 0) is 20.0 Å². The zero-order chi connectivity index (χ0) is 14.8. The first-order valence-corrected chi connectivity index (χ1v) is 8.65. The number of piperazine rings is 1. The smallest absolute Gasteiger partial charge is 0.211 e. The zero-order valence-corrected chi connectivity index (χ0v) is 13.2. The van der Waals surface area contributed by atoms with Crippen LogP contribution in [0.15, 0.2) is 10.5 Å². The molecule has 0 atom stereocenters. The quantitative estimate of drug-likeness (QED) is 0.852. The lowest BCUT2D eigenvalue weighted by molar-refractivity contribution is 0.181. The molecule has 0 amide bonds. The number of sulfonamides is 1. The van der Waals surface area contributed by atoms with Crippen LogP contribution >= 0.6 is 0 Å². The minimum Gasteiger partial charge on any atom is -0.465 e. The van der Waals surface area contributed by atoms with E-state index in [-0.39, 0.29) is 0 Å². The van der Waals surface area contributed by atoms with Gasteiger partial charge in [0.2, 0.25) is 10.0 Å². The Hall–Kier alpha value is -0.890. The highest BCUT2D eigenvalue weighted by atomic mass is 32.2. The van der Waals surface area contributed by atoms with Crippen LogP contribution in [0, 0.1) is 6.92 Å². The van der Waals surface area contributed by atoms with Crippen LogP contribution in [-0.4, -0.2) is 57.1 Å². The molecule has 0 spiro atoms. The molecule has 7 heteroatoms. The number of furan rings is 1. The molecule has 1 aromatic rings. The summed E-state index contributed by atoms with van der Waals surface area (Å²) >= 11 is 0. The van der Waals surface area contributed by atoms with Gasteiger partial charge in [-0.1, -0.05) is 0 Å². The van der Waals surface area contributed by atoms with Crippen LogP contribution in [0.2, 0.25) is 0 Å². The second-order valence-electron chi connectivity index (χ2n) is 5.26. The highest BCUT2D eigenvalue weighted by molar-refractivity contribution is 7.88. The van der Waals surface area contributed by atoms with Crippen molar-refractivity contribution in [2.24, 2.45) is 0 Å². The monoisotopic (exact) mass is 301 g/mol. The Balaban J connectivity index is 1.92. The van der Waals surface area contributed by atoms with Crippen LogP contribution in [0.3, 0.4) is 0 Å². The summed E-state index contributed by atoms with van der Waals surface area (Å²) in [5.74, 6) is 1.88. The molecule has 20 heavy (non-hydrogen) atoms. The minimum atomic E-state index is -3.05. The second kappa shape index (κ2) is 6.26. The third-order valence-electron chi connectivity index (χ3n) is 3.62. The molecular formula is C13H23N3O3S. The highest BCUT2D eigenvalue weighted by Gasteiger charge is 2.24. The lowest BCUT2D eigenvalue weighted by Crippen LogP contribution is -2.47. The molecule has 1 aromatic heterocycles. The van der Waals surface area contributed by atoms with Crippen molar-refractivity contribution in [1.82, 2.24) is 14.5 Å². The summed E-state index contributed by atoms with van der Waals surface area (Å²) in [6.07, 6.45) is 1.27. The van der Waals surface area contributed by atoms with E-state index in [1.165, 1.54) is 16.1 Å². The first kappa shape index (κ1) is 15.5. The van der Waals surface area contributed by atoms with Crippen LogP contribution < -0.4 is 5.32 Å². The summed E-state index contributed by atoms with van der Waals surface area (Å²) < 4.78 is 30.1. The zero-order valence-electron chi connectivity index (χ0n) is 12.3. The van der Waals surface area contributed by atoms with Crippen LogP contribution in [0.25, 0.3) is 0 Å². The molecular weight excluding hydrogens is 278 g/mol. The normalized spacial score (nSPS) is 18.6. The third kappa shape index (κ3) is 3.82. The molecule has 2 rings (SSSR count). The fourth-order valence-corrected chi connectivity index (χ4v) is 3.29. The molecule has 6 nitrogen and oxygen atoms in total. The maximum Gasteiger partial charge on any atom is 0.211 e. The predicted molar refractivity (Wildman–Crippen MR) is 77.9 cm³/mol. The molecule has 1 saturated heterocycles. The number of rotatable bonds is 5. The fourth-order valence-electron chi connectivity index (χ4n) is 2.47. The van der Waals surface area contributed by atoms with Gasteiger partial charge in [-0.3, -0.25) is 4.90 Å². The summed E-state index contributed by atoms with van der Waals surface area (Å²) in [5.41, 5.74) is 1.18. The number of hydrogen-bond acceptors (Lipinski definition) is 5. The Morgan fingerprint density at radius 1 is 1.30 bits per heavy atom. The van der Waals surface area contributed by atoms with Crippen molar-refractivity contribution in [1.29, 1.82) is 0 Å². The van der Waals surface area contributed by atoms with Gasteiger partial charge in [0.25, 0.3) is 0 Å². The summed E-state index contributed by atoms with van der Waals surface area (Å²) in [7, 11) is -1.16. The maximum atomic E-state index is 11.5. The van der Waals surface area contributed by atoms with Gasteiger partial charge in [-0.15, -0.1) is 0 Å². The molecule has 2 heterocycles. The summed E-state index contributed by atoms with van der Waals surface area (Å²) in [6, 6.07) is 2.08. The van der Waals surface area contributed by atoms with Crippen LogP contribution in [0.1, 0.15) is 17.1 Å². The van der Waals surface area contributed by atoms with Crippen molar-refractivity contribution < 1.29 is 12.8 Å². The van der Waals surface area contributed by atoms with Gasteiger partial charge in [0.15, 0.2) is 0 Å². The summed E-state index contributed by atoms with van der Waals surface area (Å²) in [5, 5.41) is 3.07. The largest absolute Gasteiger partial charge is 0.465 e. The third-order valence-corrected chi connectivity index (χ3v) is 4.92. The fraction of sp³-hybridized carbons (Fsp3) is 0.692. The average molecular weight is 301 g/mol. The van der Waals surface area contributed by atoms with E-state index in [1.54, 1.807) is 0 Å². The van der Waals surface area contributed by atoms with Crippen molar-refractivity contribution in [3.05, 3.63) is 23.2 Å². The van der Waals surface area contributed by atoms with Crippen molar-refractivity contribution in [2.45, 2.75) is 20.0 Å². The first-order valence-electron chi connectivity index (χ1n) is 6.80. The van der Waals surface area contributed by atoms with Crippen LogP contribution in [0.5, 0.6) is 0 Å². The van der Waals surface area contributed by atoms with Crippen LogP contribution in [0.4, 0.5) is 0 Å². The number of nitrogens with zero attached hydrogens (tertiary/aromatic N) is 2. The summed E-state index contributed by atoms with van der Waals surface area (Å²) in [4.78, 5) is 2.27. The Morgan fingerprint density at radius 2 is 1.95 bits per heavy atom. The van der Waals surface area contributed by atoms with E-state index < -0.39 is 10.0 Å². The molecule has 0 saturated carbocycles. The Morgan fingerprint density at radius 3 is 2.50 bits per heavy atom. The van der Waals surface area contributed by atoms with Gasteiger partial charge in [-0.2, -0.15) is 4.31 Å². The van der Waals surface area contributed by atoms with E-state index in [9.17, 15) is 8.42 Å². The Labute approximate surface area is 120 Å². The molecule has 114 valence electrons. The van der Waals surface area contributed by atoms with Gasteiger partial charge in [0.05, 0.1) is 12.8 Å². The van der Waals surface area contributed by atoms with E-state index in [0.717, 1.165) is 37.7 Å². The van der Waals surface area contributed by atoms with E-state index >= 15 is 0 Å². The van der Waals surface area contributed by atoms with Gasteiger partial charge < -0.3 is 9.73 Å². The molecule has 0 aromatic carbocycles. The van der Waals surface area contributed by atoms with E-state index in [4.69, 9.17) is 4.42 Å². The minimum absolute atomic E-state index is 0.569. The molecule has 0 radical (unpaired) electrons. The molecule has 0 bridgehead atoms. The Bertz CT molecular complexity index is 545. The number of aryl methyl sites for hydroxylation is 1. The second-order valence-corrected chi connectivity index (χ2v) is 7.25. The van der Waals surface area contributed by atoms with E-state index in [0.29, 0.717) is 13.1 Å². The first-order chi connectivity index (χ1) is 9.40. The van der Waals surface area contributed by atoms with Gasteiger partial charge in [0, 0.05) is 38.3 Å². The molecule has 1 N–H and O–H groups in total. The molecule has 1 fully saturated rings. The summed E-state index contributed by atoms with van der Waals surface area (Å²) in [6.45, 7) is 6.18. The van der Waals surface area contributed by atoms with Crippen molar-refractivity contribution in [2.75, 3.05) is 39.5 Å². The number of hydrogen-bond donors (Lipinski definition) is 1. The van der Waals surface area contributed by atoms with Gasteiger partial charge in [-0.25, -0.2) is 8.42 Å². The maximum absolute atomic E-state index is 11.5. The molecule has 1 aliphatic heterocycles. The van der Waals surface area contributed by atoms with Crippen molar-refractivity contribution >= 4 is 10.0 Å². The van der Waals surface area contributed by atoms with Gasteiger partial charge >= 0.3 is 0 Å². The molecule has 0 aliphatic carbocycles.